The van der Waals surface area contributed by atoms with Crippen LogP contribution in [0.2, 0.25) is 0 Å². The molecule has 1 atom stereocenters. The Morgan fingerprint density at radius 3 is 2.83 bits per heavy atom. The lowest BCUT2D eigenvalue weighted by molar-refractivity contribution is -0.132. The number of ether oxygens (including phenoxy) is 2. The summed E-state index contributed by atoms with van der Waals surface area (Å²) >= 11 is 0. The highest BCUT2D eigenvalue weighted by molar-refractivity contribution is 5.76. The summed E-state index contributed by atoms with van der Waals surface area (Å²) in [7, 11) is 0. The van der Waals surface area contributed by atoms with Gasteiger partial charge in [0, 0.05) is 26.2 Å². The molecule has 0 radical (unpaired) electrons. The molecule has 0 bridgehead atoms. The molecule has 1 aromatic carbocycles. The van der Waals surface area contributed by atoms with Gasteiger partial charge < -0.3 is 20.1 Å². The summed E-state index contributed by atoms with van der Waals surface area (Å²) in [5.41, 5.74) is 6.87. The number of benzene rings is 1. The molecule has 1 unspecified atom stereocenters. The maximum absolute atomic E-state index is 12.3. The van der Waals surface area contributed by atoms with Crippen molar-refractivity contribution in [3.05, 3.63) is 35.9 Å². The Bertz CT molecular complexity index is 447. The summed E-state index contributed by atoms with van der Waals surface area (Å²) in [5, 5.41) is 0. The van der Waals surface area contributed by atoms with Crippen LogP contribution >= 0.6 is 0 Å². The van der Waals surface area contributed by atoms with E-state index < -0.39 is 0 Å². The Morgan fingerprint density at radius 2 is 2.13 bits per heavy atom. The van der Waals surface area contributed by atoms with Crippen molar-refractivity contribution >= 4 is 5.91 Å². The van der Waals surface area contributed by atoms with Crippen LogP contribution in [-0.4, -0.2) is 56.4 Å². The summed E-state index contributed by atoms with van der Waals surface area (Å²) in [5.74, 6) is 0.110. The summed E-state index contributed by atoms with van der Waals surface area (Å²) in [4.78, 5) is 14.1. The van der Waals surface area contributed by atoms with Gasteiger partial charge in [-0.2, -0.15) is 0 Å². The van der Waals surface area contributed by atoms with E-state index in [1.165, 1.54) is 5.56 Å². The second-order valence-corrected chi connectivity index (χ2v) is 5.87. The molecule has 0 spiro atoms. The number of carbonyl (C=O) groups excluding carboxylic acids is 1. The van der Waals surface area contributed by atoms with Gasteiger partial charge in [-0.1, -0.05) is 30.3 Å². The third kappa shape index (κ3) is 6.69. The molecule has 1 heterocycles. The van der Waals surface area contributed by atoms with Crippen molar-refractivity contribution in [3.63, 3.8) is 0 Å². The number of nitrogens with two attached hydrogens (primary N) is 1. The van der Waals surface area contributed by atoms with Gasteiger partial charge in [0.2, 0.25) is 5.91 Å². The number of hydrogen-bond acceptors (Lipinski definition) is 4. The van der Waals surface area contributed by atoms with Crippen molar-refractivity contribution in [2.75, 3.05) is 39.5 Å². The van der Waals surface area contributed by atoms with E-state index >= 15 is 0 Å². The molecule has 1 aliphatic heterocycles. The lowest BCUT2D eigenvalue weighted by Gasteiger charge is -2.22. The van der Waals surface area contributed by atoms with E-state index in [1.54, 1.807) is 0 Å². The van der Waals surface area contributed by atoms with E-state index in [-0.39, 0.29) is 12.0 Å². The Labute approximate surface area is 138 Å². The average Bonchev–Trinajstić information content (AvgIpc) is 3.09. The minimum atomic E-state index is 0.110. The van der Waals surface area contributed by atoms with Crippen LogP contribution in [0, 0.1) is 0 Å². The average molecular weight is 320 g/mol. The van der Waals surface area contributed by atoms with Gasteiger partial charge in [0.05, 0.1) is 25.7 Å². The Hall–Kier alpha value is -1.43. The summed E-state index contributed by atoms with van der Waals surface area (Å²) in [6.07, 6.45) is 3.63. The third-order valence-corrected chi connectivity index (χ3v) is 4.05. The van der Waals surface area contributed by atoms with Crippen molar-refractivity contribution in [1.82, 2.24) is 4.90 Å². The minimum absolute atomic E-state index is 0.110. The van der Waals surface area contributed by atoms with Gasteiger partial charge in [0.1, 0.15) is 0 Å². The van der Waals surface area contributed by atoms with Crippen LogP contribution in [0.25, 0.3) is 0 Å². The van der Waals surface area contributed by atoms with Crippen molar-refractivity contribution in [2.45, 2.75) is 31.8 Å². The second kappa shape index (κ2) is 10.4. The molecule has 0 aliphatic carbocycles. The van der Waals surface area contributed by atoms with Gasteiger partial charge in [-0.3, -0.25) is 4.79 Å². The SMILES string of the molecule is NCCN(CCc1ccccc1)C(=O)CCOCC1CCCO1. The van der Waals surface area contributed by atoms with E-state index in [2.05, 4.69) is 12.1 Å². The highest BCUT2D eigenvalue weighted by atomic mass is 16.5. The molecule has 23 heavy (non-hydrogen) atoms. The van der Waals surface area contributed by atoms with Crippen LogP contribution in [-0.2, 0) is 20.7 Å². The zero-order chi connectivity index (χ0) is 16.3. The van der Waals surface area contributed by atoms with Crippen LogP contribution < -0.4 is 5.73 Å². The van der Waals surface area contributed by atoms with Gasteiger partial charge in [0.15, 0.2) is 0 Å². The zero-order valence-corrected chi connectivity index (χ0v) is 13.8. The van der Waals surface area contributed by atoms with Crippen molar-refractivity contribution in [1.29, 1.82) is 0 Å². The molecule has 1 saturated heterocycles. The topological polar surface area (TPSA) is 64.8 Å². The van der Waals surface area contributed by atoms with Gasteiger partial charge >= 0.3 is 0 Å². The Balaban J connectivity index is 1.67. The fourth-order valence-electron chi connectivity index (χ4n) is 2.73. The predicted molar refractivity (Wildman–Crippen MR) is 90.2 cm³/mol. The molecule has 128 valence electrons. The first kappa shape index (κ1) is 17.9. The van der Waals surface area contributed by atoms with Crippen molar-refractivity contribution in [3.8, 4) is 0 Å². The summed E-state index contributed by atoms with van der Waals surface area (Å²) in [6.45, 7) is 3.65. The molecule has 0 saturated carbocycles. The van der Waals surface area contributed by atoms with E-state index in [0.717, 1.165) is 25.9 Å². The van der Waals surface area contributed by atoms with Gasteiger partial charge in [-0.25, -0.2) is 0 Å². The number of rotatable bonds is 10. The quantitative estimate of drug-likeness (QED) is 0.665. The summed E-state index contributed by atoms with van der Waals surface area (Å²) < 4.78 is 11.1. The fourth-order valence-corrected chi connectivity index (χ4v) is 2.73. The largest absolute Gasteiger partial charge is 0.378 e. The van der Waals surface area contributed by atoms with Crippen LogP contribution in [0.4, 0.5) is 0 Å². The lowest BCUT2D eigenvalue weighted by atomic mass is 10.1. The third-order valence-electron chi connectivity index (χ3n) is 4.05. The fraction of sp³-hybridized carbons (Fsp3) is 0.611. The first-order valence-corrected chi connectivity index (χ1v) is 8.50. The van der Waals surface area contributed by atoms with Crippen LogP contribution in [0.3, 0.4) is 0 Å². The smallest absolute Gasteiger partial charge is 0.224 e. The molecule has 2 N–H and O–H groups in total. The zero-order valence-electron chi connectivity index (χ0n) is 13.8. The van der Waals surface area contributed by atoms with Crippen molar-refractivity contribution < 1.29 is 14.3 Å². The maximum atomic E-state index is 12.3. The lowest BCUT2D eigenvalue weighted by Crippen LogP contribution is -2.37. The Kier molecular flexibility index (Phi) is 8.07. The van der Waals surface area contributed by atoms with E-state index in [4.69, 9.17) is 15.2 Å². The summed E-state index contributed by atoms with van der Waals surface area (Å²) in [6, 6.07) is 10.2. The first-order chi connectivity index (χ1) is 11.3. The first-order valence-electron chi connectivity index (χ1n) is 8.50. The molecule has 1 aromatic rings. The number of hydrogen-bond donors (Lipinski definition) is 1. The standard InChI is InChI=1S/C18H28N2O3/c19-10-12-20(11-8-16-5-2-1-3-6-16)18(21)9-14-22-15-17-7-4-13-23-17/h1-3,5-6,17H,4,7-15,19H2. The number of amides is 1. The van der Waals surface area contributed by atoms with Crippen LogP contribution in [0.5, 0.6) is 0 Å². The monoisotopic (exact) mass is 320 g/mol. The molecule has 2 rings (SSSR count). The van der Waals surface area contributed by atoms with E-state index in [1.807, 2.05) is 23.1 Å². The van der Waals surface area contributed by atoms with E-state index in [9.17, 15) is 4.79 Å². The normalized spacial score (nSPS) is 17.3. The van der Waals surface area contributed by atoms with Crippen LogP contribution in [0.1, 0.15) is 24.8 Å². The maximum Gasteiger partial charge on any atom is 0.224 e. The Morgan fingerprint density at radius 1 is 1.30 bits per heavy atom. The predicted octanol–water partition coefficient (Wildman–Crippen LogP) is 1.60. The number of carbonyl (C=O) groups is 1. The van der Waals surface area contributed by atoms with E-state index in [0.29, 0.717) is 39.3 Å². The van der Waals surface area contributed by atoms with Crippen LogP contribution in [0.15, 0.2) is 30.3 Å². The highest BCUT2D eigenvalue weighted by Crippen LogP contribution is 2.12. The molecule has 1 aliphatic rings. The highest BCUT2D eigenvalue weighted by Gasteiger charge is 2.16. The molecule has 0 aromatic heterocycles. The molecule has 5 heteroatoms. The van der Waals surface area contributed by atoms with Gasteiger partial charge in [-0.05, 0) is 24.8 Å². The molecule has 5 nitrogen and oxygen atoms in total. The molecule has 1 fully saturated rings. The van der Waals surface area contributed by atoms with Gasteiger partial charge in [0.25, 0.3) is 0 Å². The van der Waals surface area contributed by atoms with Gasteiger partial charge in [-0.15, -0.1) is 0 Å². The molecular weight excluding hydrogens is 292 g/mol. The molecular formula is C18H28N2O3. The second-order valence-electron chi connectivity index (χ2n) is 5.87. The minimum Gasteiger partial charge on any atom is -0.378 e. The van der Waals surface area contributed by atoms with Crippen molar-refractivity contribution in [2.24, 2.45) is 5.73 Å². The number of nitrogens with zero attached hydrogens (tertiary/aromatic N) is 1. The molecule has 1 amide bonds.